The summed E-state index contributed by atoms with van der Waals surface area (Å²) < 4.78 is 6.91. The Hall–Kier alpha value is -1.08. The molecular formula is C14H11BrINO2. The van der Waals surface area contributed by atoms with E-state index in [1.807, 2.05) is 36.4 Å². The number of hydrogen-bond donors (Lipinski definition) is 1. The largest absolute Gasteiger partial charge is 0.497 e. The van der Waals surface area contributed by atoms with E-state index in [-0.39, 0.29) is 5.91 Å². The monoisotopic (exact) mass is 431 g/mol. The molecule has 1 N–H and O–H groups in total. The molecule has 2 rings (SSSR count). The van der Waals surface area contributed by atoms with E-state index in [0.29, 0.717) is 17.0 Å². The average Bonchev–Trinajstić information content (AvgIpc) is 2.41. The van der Waals surface area contributed by atoms with Crippen LogP contribution in [0.2, 0.25) is 0 Å². The first-order valence-corrected chi connectivity index (χ1v) is 7.38. The molecule has 0 bridgehead atoms. The molecule has 0 aliphatic carbocycles. The molecule has 0 saturated carbocycles. The molecule has 2 aromatic carbocycles. The maximum Gasteiger partial charge on any atom is 0.256 e. The molecule has 0 heterocycles. The number of amides is 1. The van der Waals surface area contributed by atoms with Crippen molar-refractivity contribution in [2.24, 2.45) is 0 Å². The van der Waals surface area contributed by atoms with Crippen LogP contribution in [0.4, 0.5) is 5.69 Å². The standard InChI is InChI=1S/C14H11BrINO2/c1-19-11-4-2-3-10(8-11)17-14(18)12-7-9(16)5-6-13(12)15/h2-8H,1H3,(H,17,18). The topological polar surface area (TPSA) is 38.3 Å². The van der Waals surface area contributed by atoms with Crippen LogP contribution < -0.4 is 10.1 Å². The number of ether oxygens (including phenoxy) is 1. The highest BCUT2D eigenvalue weighted by atomic mass is 127. The maximum absolute atomic E-state index is 12.2. The number of nitrogens with one attached hydrogen (secondary N) is 1. The first-order valence-electron chi connectivity index (χ1n) is 5.50. The van der Waals surface area contributed by atoms with Crippen LogP contribution in [0.15, 0.2) is 46.9 Å². The van der Waals surface area contributed by atoms with Gasteiger partial charge in [0.2, 0.25) is 0 Å². The van der Waals surface area contributed by atoms with Gasteiger partial charge in [-0.1, -0.05) is 6.07 Å². The summed E-state index contributed by atoms with van der Waals surface area (Å²) in [5.41, 5.74) is 1.31. The Morgan fingerprint density at radius 2 is 2.05 bits per heavy atom. The Morgan fingerprint density at radius 1 is 1.26 bits per heavy atom. The van der Waals surface area contributed by atoms with Gasteiger partial charge in [0.1, 0.15) is 5.75 Å². The highest BCUT2D eigenvalue weighted by molar-refractivity contribution is 14.1. The van der Waals surface area contributed by atoms with Crippen molar-refractivity contribution in [3.05, 3.63) is 56.1 Å². The highest BCUT2D eigenvalue weighted by Gasteiger charge is 2.11. The van der Waals surface area contributed by atoms with Crippen LogP contribution in [0.5, 0.6) is 5.75 Å². The summed E-state index contributed by atoms with van der Waals surface area (Å²) in [6.07, 6.45) is 0. The lowest BCUT2D eigenvalue weighted by Crippen LogP contribution is -2.12. The summed E-state index contributed by atoms with van der Waals surface area (Å²) in [5, 5.41) is 2.85. The lowest BCUT2D eigenvalue weighted by molar-refractivity contribution is 0.102. The van der Waals surface area contributed by atoms with Gasteiger partial charge in [-0.05, 0) is 68.9 Å². The van der Waals surface area contributed by atoms with Gasteiger partial charge in [0.05, 0.1) is 12.7 Å². The Labute approximate surface area is 133 Å². The minimum Gasteiger partial charge on any atom is -0.497 e. The van der Waals surface area contributed by atoms with Crippen LogP contribution in [0.25, 0.3) is 0 Å². The molecule has 0 fully saturated rings. The number of halogens is 2. The number of hydrogen-bond acceptors (Lipinski definition) is 2. The van der Waals surface area contributed by atoms with E-state index in [4.69, 9.17) is 4.74 Å². The van der Waals surface area contributed by atoms with Gasteiger partial charge in [-0.3, -0.25) is 4.79 Å². The zero-order valence-corrected chi connectivity index (χ0v) is 13.9. The van der Waals surface area contributed by atoms with Gasteiger partial charge in [-0.15, -0.1) is 0 Å². The Bertz CT molecular complexity index is 616. The number of carbonyl (C=O) groups is 1. The Balaban J connectivity index is 2.23. The number of carbonyl (C=O) groups excluding carboxylic acids is 1. The smallest absolute Gasteiger partial charge is 0.256 e. The number of rotatable bonds is 3. The first-order chi connectivity index (χ1) is 9.10. The first kappa shape index (κ1) is 14.3. The molecule has 19 heavy (non-hydrogen) atoms. The molecule has 0 radical (unpaired) electrons. The van der Waals surface area contributed by atoms with Crippen LogP contribution in [0.3, 0.4) is 0 Å². The lowest BCUT2D eigenvalue weighted by Gasteiger charge is -2.08. The van der Waals surface area contributed by atoms with Gasteiger partial charge in [-0.25, -0.2) is 0 Å². The Morgan fingerprint density at radius 3 is 2.79 bits per heavy atom. The minimum absolute atomic E-state index is 0.154. The summed E-state index contributed by atoms with van der Waals surface area (Å²) in [7, 11) is 1.59. The molecule has 1 amide bonds. The summed E-state index contributed by atoms with van der Waals surface area (Å²) >= 11 is 5.56. The lowest BCUT2D eigenvalue weighted by atomic mass is 10.2. The molecule has 0 aromatic heterocycles. The van der Waals surface area contributed by atoms with E-state index in [2.05, 4.69) is 43.8 Å². The van der Waals surface area contributed by atoms with E-state index in [0.717, 1.165) is 8.04 Å². The third-order valence-corrected chi connectivity index (χ3v) is 3.86. The predicted molar refractivity (Wildman–Crippen MR) is 87.8 cm³/mol. The van der Waals surface area contributed by atoms with Gasteiger partial charge in [0, 0.05) is 19.8 Å². The molecule has 3 nitrogen and oxygen atoms in total. The van der Waals surface area contributed by atoms with Crippen molar-refractivity contribution < 1.29 is 9.53 Å². The summed E-state index contributed by atoms with van der Waals surface area (Å²) in [6, 6.07) is 12.9. The van der Waals surface area contributed by atoms with Crippen LogP contribution in [-0.2, 0) is 0 Å². The van der Waals surface area contributed by atoms with Crippen molar-refractivity contribution in [3.8, 4) is 5.75 Å². The van der Waals surface area contributed by atoms with Gasteiger partial charge < -0.3 is 10.1 Å². The molecule has 98 valence electrons. The van der Waals surface area contributed by atoms with Gasteiger partial charge >= 0.3 is 0 Å². The number of methoxy groups -OCH3 is 1. The van der Waals surface area contributed by atoms with Crippen molar-refractivity contribution in [1.82, 2.24) is 0 Å². The van der Waals surface area contributed by atoms with E-state index < -0.39 is 0 Å². The summed E-state index contributed by atoms with van der Waals surface area (Å²) in [4.78, 5) is 12.2. The van der Waals surface area contributed by atoms with Crippen LogP contribution >= 0.6 is 38.5 Å². The summed E-state index contributed by atoms with van der Waals surface area (Å²) in [5.74, 6) is 0.554. The minimum atomic E-state index is -0.154. The fraction of sp³-hybridized carbons (Fsp3) is 0.0714. The second-order valence-electron chi connectivity index (χ2n) is 3.81. The van der Waals surface area contributed by atoms with Crippen molar-refractivity contribution >= 4 is 50.1 Å². The van der Waals surface area contributed by atoms with Crippen LogP contribution in [-0.4, -0.2) is 13.0 Å². The van der Waals surface area contributed by atoms with Gasteiger partial charge in [-0.2, -0.15) is 0 Å². The van der Waals surface area contributed by atoms with E-state index >= 15 is 0 Å². The molecule has 0 saturated heterocycles. The molecule has 0 aliphatic heterocycles. The van der Waals surface area contributed by atoms with Crippen LogP contribution in [0.1, 0.15) is 10.4 Å². The molecule has 2 aromatic rings. The second kappa shape index (κ2) is 6.38. The van der Waals surface area contributed by atoms with E-state index in [1.165, 1.54) is 0 Å². The van der Waals surface area contributed by atoms with Crippen molar-refractivity contribution in [2.45, 2.75) is 0 Å². The van der Waals surface area contributed by atoms with Crippen molar-refractivity contribution in [2.75, 3.05) is 12.4 Å². The predicted octanol–water partition coefficient (Wildman–Crippen LogP) is 4.31. The third kappa shape index (κ3) is 3.70. The molecule has 0 atom stereocenters. The van der Waals surface area contributed by atoms with Crippen LogP contribution in [0, 0.1) is 3.57 Å². The van der Waals surface area contributed by atoms with Crippen molar-refractivity contribution in [3.63, 3.8) is 0 Å². The van der Waals surface area contributed by atoms with E-state index in [9.17, 15) is 4.79 Å². The maximum atomic E-state index is 12.2. The quantitative estimate of drug-likeness (QED) is 0.735. The average molecular weight is 432 g/mol. The fourth-order valence-electron chi connectivity index (χ4n) is 1.57. The van der Waals surface area contributed by atoms with E-state index in [1.54, 1.807) is 13.2 Å². The molecular weight excluding hydrogens is 421 g/mol. The van der Waals surface area contributed by atoms with Crippen molar-refractivity contribution in [1.29, 1.82) is 0 Å². The molecule has 0 spiro atoms. The number of anilines is 1. The molecule has 5 heteroatoms. The Kier molecular flexibility index (Phi) is 4.81. The highest BCUT2D eigenvalue weighted by Crippen LogP contribution is 2.22. The number of benzene rings is 2. The molecule has 0 unspecified atom stereocenters. The zero-order chi connectivity index (χ0) is 13.8. The SMILES string of the molecule is COc1cccc(NC(=O)c2cc(I)ccc2Br)c1. The zero-order valence-electron chi connectivity index (χ0n) is 10.1. The fourth-order valence-corrected chi connectivity index (χ4v) is 2.49. The summed E-state index contributed by atoms with van der Waals surface area (Å²) in [6.45, 7) is 0. The van der Waals surface area contributed by atoms with Gasteiger partial charge in [0.25, 0.3) is 5.91 Å². The third-order valence-electron chi connectivity index (χ3n) is 2.50. The van der Waals surface area contributed by atoms with Gasteiger partial charge in [0.15, 0.2) is 0 Å². The normalized spacial score (nSPS) is 10.1. The second-order valence-corrected chi connectivity index (χ2v) is 5.91. The molecule has 0 aliphatic rings.